The van der Waals surface area contributed by atoms with E-state index < -0.39 is 33.6 Å². The molecule has 1 aliphatic rings. The van der Waals surface area contributed by atoms with Gasteiger partial charge >= 0.3 is 0 Å². The summed E-state index contributed by atoms with van der Waals surface area (Å²) in [5, 5.41) is 14.8. The van der Waals surface area contributed by atoms with Crippen LogP contribution in [0.2, 0.25) is 10.0 Å². The van der Waals surface area contributed by atoms with E-state index in [1.165, 1.54) is 36.4 Å². The Morgan fingerprint density at radius 3 is 2.07 bits per heavy atom. The molecule has 148 valence electrons. The third-order valence-electron chi connectivity index (χ3n) is 4.61. The Balaban J connectivity index is 1.85. The number of rotatable bonds is 3. The highest BCUT2D eigenvalue weighted by Crippen LogP contribution is 2.36. The van der Waals surface area contributed by atoms with Crippen molar-refractivity contribution in [3.63, 3.8) is 0 Å². The smallest absolute Gasteiger partial charge is 0.294 e. The monoisotopic (exact) mass is 440 g/mol. The SMILES string of the molecule is O=C1c2ccccc2C(=O)c2c1ccc(C(=O)Nc1cc(Cl)cc(Cl)c1)c2[N+](=O)[O-]. The number of hydrogen-bond donors (Lipinski definition) is 1. The zero-order chi connectivity index (χ0) is 21.6. The highest BCUT2D eigenvalue weighted by molar-refractivity contribution is 6.35. The number of ketones is 2. The van der Waals surface area contributed by atoms with Crippen LogP contribution in [-0.2, 0) is 0 Å². The summed E-state index contributed by atoms with van der Waals surface area (Å²) in [6.45, 7) is 0. The number of benzene rings is 3. The zero-order valence-electron chi connectivity index (χ0n) is 14.9. The summed E-state index contributed by atoms with van der Waals surface area (Å²) in [7, 11) is 0. The lowest BCUT2D eigenvalue weighted by molar-refractivity contribution is -0.385. The van der Waals surface area contributed by atoms with Gasteiger partial charge in [0.1, 0.15) is 11.1 Å². The largest absolute Gasteiger partial charge is 0.322 e. The van der Waals surface area contributed by atoms with Gasteiger partial charge in [0.15, 0.2) is 5.78 Å². The Bertz CT molecular complexity index is 1270. The molecular formula is C21H10Cl2N2O5. The van der Waals surface area contributed by atoms with Gasteiger partial charge in [0.05, 0.1) is 4.92 Å². The first-order valence-electron chi connectivity index (χ1n) is 8.55. The molecule has 7 nitrogen and oxygen atoms in total. The Morgan fingerprint density at radius 2 is 1.47 bits per heavy atom. The van der Waals surface area contributed by atoms with E-state index in [0.717, 1.165) is 6.07 Å². The van der Waals surface area contributed by atoms with Crippen LogP contribution in [0.5, 0.6) is 0 Å². The average molecular weight is 441 g/mol. The van der Waals surface area contributed by atoms with E-state index in [0.29, 0.717) is 0 Å². The first-order chi connectivity index (χ1) is 14.3. The minimum Gasteiger partial charge on any atom is -0.322 e. The molecule has 30 heavy (non-hydrogen) atoms. The van der Waals surface area contributed by atoms with Gasteiger partial charge in [0, 0.05) is 32.4 Å². The van der Waals surface area contributed by atoms with Crippen molar-refractivity contribution in [1.29, 1.82) is 0 Å². The van der Waals surface area contributed by atoms with E-state index in [1.807, 2.05) is 0 Å². The summed E-state index contributed by atoms with van der Waals surface area (Å²) in [6.07, 6.45) is 0. The summed E-state index contributed by atoms with van der Waals surface area (Å²) in [4.78, 5) is 49.5. The molecule has 0 radical (unpaired) electrons. The predicted molar refractivity (Wildman–Crippen MR) is 111 cm³/mol. The van der Waals surface area contributed by atoms with Crippen molar-refractivity contribution >= 4 is 52.1 Å². The maximum atomic E-state index is 13.0. The van der Waals surface area contributed by atoms with Gasteiger partial charge in [-0.15, -0.1) is 0 Å². The van der Waals surface area contributed by atoms with Gasteiger partial charge in [-0.05, 0) is 30.3 Å². The lowest BCUT2D eigenvalue weighted by Crippen LogP contribution is -2.24. The van der Waals surface area contributed by atoms with Gasteiger partial charge in [-0.2, -0.15) is 0 Å². The second kappa shape index (κ2) is 7.37. The van der Waals surface area contributed by atoms with Crippen molar-refractivity contribution in [3.05, 3.63) is 103 Å². The highest BCUT2D eigenvalue weighted by atomic mass is 35.5. The summed E-state index contributed by atoms with van der Waals surface area (Å²) < 4.78 is 0. The molecule has 0 fully saturated rings. The number of carbonyl (C=O) groups excluding carboxylic acids is 3. The van der Waals surface area contributed by atoms with Crippen LogP contribution >= 0.6 is 23.2 Å². The number of nitrogens with one attached hydrogen (secondary N) is 1. The maximum Gasteiger partial charge on any atom is 0.294 e. The number of nitro benzene ring substituents is 1. The lowest BCUT2D eigenvalue weighted by Gasteiger charge is -2.18. The summed E-state index contributed by atoms with van der Waals surface area (Å²) >= 11 is 11.8. The molecule has 1 aliphatic carbocycles. The highest BCUT2D eigenvalue weighted by Gasteiger charge is 2.38. The molecule has 0 saturated heterocycles. The molecule has 0 heterocycles. The summed E-state index contributed by atoms with van der Waals surface area (Å²) in [5.74, 6) is -2.05. The van der Waals surface area contributed by atoms with E-state index in [2.05, 4.69) is 5.32 Å². The lowest BCUT2D eigenvalue weighted by atomic mass is 9.82. The van der Waals surface area contributed by atoms with Crippen LogP contribution in [0.4, 0.5) is 11.4 Å². The van der Waals surface area contributed by atoms with Crippen LogP contribution in [-0.4, -0.2) is 22.4 Å². The fourth-order valence-electron chi connectivity index (χ4n) is 3.37. The molecule has 4 rings (SSSR count). The Hall–Kier alpha value is -3.55. The molecule has 1 N–H and O–H groups in total. The molecule has 9 heteroatoms. The molecule has 1 amide bonds. The van der Waals surface area contributed by atoms with Crippen molar-refractivity contribution in [3.8, 4) is 0 Å². The van der Waals surface area contributed by atoms with Crippen LogP contribution in [0.3, 0.4) is 0 Å². The molecule has 3 aromatic rings. The van der Waals surface area contributed by atoms with Gasteiger partial charge < -0.3 is 5.32 Å². The van der Waals surface area contributed by atoms with E-state index in [1.54, 1.807) is 12.1 Å². The van der Waals surface area contributed by atoms with Crippen molar-refractivity contribution < 1.29 is 19.3 Å². The van der Waals surface area contributed by atoms with Crippen molar-refractivity contribution in [2.45, 2.75) is 0 Å². The van der Waals surface area contributed by atoms with Crippen LogP contribution in [0.25, 0.3) is 0 Å². The topological polar surface area (TPSA) is 106 Å². The first-order valence-corrected chi connectivity index (χ1v) is 9.31. The summed E-state index contributed by atoms with van der Waals surface area (Å²) in [6, 6.07) is 12.7. The fourth-order valence-corrected chi connectivity index (χ4v) is 3.89. The number of carbonyl (C=O) groups is 3. The van der Waals surface area contributed by atoms with Crippen LogP contribution < -0.4 is 5.32 Å². The fraction of sp³-hybridized carbons (Fsp3) is 0. The van der Waals surface area contributed by atoms with Crippen LogP contribution in [0.15, 0.2) is 54.6 Å². The number of amides is 1. The predicted octanol–water partition coefficient (Wildman–Crippen LogP) is 4.93. The second-order valence-electron chi connectivity index (χ2n) is 6.46. The molecule has 0 spiro atoms. The molecule has 0 aliphatic heterocycles. The molecule has 0 bridgehead atoms. The van der Waals surface area contributed by atoms with E-state index in [-0.39, 0.29) is 38.0 Å². The number of anilines is 1. The van der Waals surface area contributed by atoms with E-state index in [9.17, 15) is 24.5 Å². The summed E-state index contributed by atoms with van der Waals surface area (Å²) in [5.41, 5.74) is -1.18. The third kappa shape index (κ3) is 3.24. The normalized spacial score (nSPS) is 12.2. The number of halogens is 2. The van der Waals surface area contributed by atoms with Gasteiger partial charge in [0.25, 0.3) is 11.6 Å². The molecule has 0 aromatic heterocycles. The van der Waals surface area contributed by atoms with Gasteiger partial charge in [-0.25, -0.2) is 0 Å². The first kappa shape index (κ1) is 19.8. The standard InChI is InChI=1S/C21H10Cl2N2O5/c22-10-7-11(23)9-12(8-10)24-21(28)16-6-5-15-17(18(16)25(29)30)20(27)14-4-2-1-3-13(14)19(15)26/h1-9H,(H,24,28). The third-order valence-corrected chi connectivity index (χ3v) is 5.05. The molecule has 0 unspecified atom stereocenters. The molecule has 0 saturated carbocycles. The zero-order valence-corrected chi connectivity index (χ0v) is 16.5. The van der Waals surface area contributed by atoms with E-state index >= 15 is 0 Å². The van der Waals surface area contributed by atoms with Crippen LogP contribution in [0.1, 0.15) is 42.2 Å². The van der Waals surface area contributed by atoms with Crippen molar-refractivity contribution in [2.24, 2.45) is 0 Å². The van der Waals surface area contributed by atoms with E-state index in [4.69, 9.17) is 23.2 Å². The van der Waals surface area contributed by atoms with Crippen LogP contribution in [0, 0.1) is 10.1 Å². The second-order valence-corrected chi connectivity index (χ2v) is 7.33. The van der Waals surface area contributed by atoms with Crippen molar-refractivity contribution in [2.75, 3.05) is 5.32 Å². The number of nitro groups is 1. The van der Waals surface area contributed by atoms with Gasteiger partial charge in [0.2, 0.25) is 5.78 Å². The number of hydrogen-bond acceptors (Lipinski definition) is 5. The average Bonchev–Trinajstić information content (AvgIpc) is 2.70. The van der Waals surface area contributed by atoms with Gasteiger partial charge in [-0.1, -0.05) is 47.5 Å². The molecule has 3 aromatic carbocycles. The number of nitrogens with zero attached hydrogens (tertiary/aromatic N) is 1. The Morgan fingerprint density at radius 1 is 0.867 bits per heavy atom. The van der Waals surface area contributed by atoms with Gasteiger partial charge in [-0.3, -0.25) is 24.5 Å². The quantitative estimate of drug-likeness (QED) is 0.359. The van der Waals surface area contributed by atoms with Crippen molar-refractivity contribution in [1.82, 2.24) is 0 Å². The molecular weight excluding hydrogens is 431 g/mol. The minimum absolute atomic E-state index is 0.0530. The molecule has 0 atom stereocenters. The maximum absolute atomic E-state index is 13.0. The minimum atomic E-state index is -0.845. The number of fused-ring (bicyclic) bond motifs is 2. The Kier molecular flexibility index (Phi) is 4.85. The Labute approximate surface area is 179 Å².